The Kier molecular flexibility index (Phi) is 11.3. The van der Waals surface area contributed by atoms with Crippen LogP contribution in [0.15, 0.2) is 0 Å². The van der Waals surface area contributed by atoms with E-state index < -0.39 is 37.5 Å². The molecule has 0 spiro atoms. The summed E-state index contributed by atoms with van der Waals surface area (Å²) in [6.07, 6.45) is 0. The minimum absolute atomic E-state index is 0. The molecule has 0 aliphatic heterocycles. The Morgan fingerprint density at radius 3 is 1.12 bits per heavy atom. The van der Waals surface area contributed by atoms with Gasteiger partial charge in [-0.1, -0.05) is 0 Å². The average molecular weight is 359 g/mol. The van der Waals surface area contributed by atoms with E-state index in [4.69, 9.17) is 0 Å². The summed E-state index contributed by atoms with van der Waals surface area (Å²) in [6.45, 7) is 0. The average Bonchev–Trinajstić information content (AvgIpc) is 1.27. The molecule has 0 radical (unpaired) electrons. The standard InChI is InChI=1S/2C2H6N.HI.Nd/c2*1-3-2;;/h2*1-2H3;1H;/q2*-1;;+3/p-1. The first kappa shape index (κ1) is 12.7. The molecule has 0 aliphatic carbocycles. The third-order valence-electron chi connectivity index (χ3n) is 0.400. The van der Waals surface area contributed by atoms with Crippen molar-refractivity contribution in [2.45, 2.75) is 0 Å². The maximum absolute atomic E-state index is 2.32. The number of nitrogens with zero attached hydrogens (tertiary/aromatic N) is 2. The summed E-state index contributed by atoms with van der Waals surface area (Å²) in [6, 6.07) is 0. The van der Waals surface area contributed by atoms with Crippen LogP contribution in [0.4, 0.5) is 0 Å². The van der Waals surface area contributed by atoms with Gasteiger partial charge in [0.1, 0.15) is 0 Å². The van der Waals surface area contributed by atoms with E-state index in [1.807, 2.05) is 0 Å². The predicted molar refractivity (Wildman–Crippen MR) is 27.4 cm³/mol. The molecule has 0 saturated heterocycles. The van der Waals surface area contributed by atoms with Crippen LogP contribution in [0, 0.1) is 37.5 Å². The molecule has 0 unspecified atom stereocenters. The van der Waals surface area contributed by atoms with E-state index >= 15 is 0 Å². The fourth-order valence-corrected chi connectivity index (χ4v) is 2.97. The summed E-state index contributed by atoms with van der Waals surface area (Å²) < 4.78 is 4.64. The molecule has 0 amide bonds. The fourth-order valence-electron chi connectivity index (χ4n) is 0.400. The van der Waals surface area contributed by atoms with Crippen molar-refractivity contribution in [3.63, 3.8) is 0 Å². The van der Waals surface area contributed by atoms with Crippen molar-refractivity contribution in [3.05, 3.63) is 0 Å². The minimum atomic E-state index is -0.485. The van der Waals surface area contributed by atoms with Crippen LogP contribution in [0.25, 0.3) is 0 Å². The van der Waals surface area contributed by atoms with Gasteiger partial charge in [-0.2, -0.15) is 0 Å². The Bertz CT molecular complexity index is 43.3. The van der Waals surface area contributed by atoms with E-state index in [1.54, 1.807) is 0 Å². The minimum Gasteiger partial charge on any atom is -1.00 e. The van der Waals surface area contributed by atoms with Gasteiger partial charge in [0, 0.05) is 0 Å². The molecule has 8 heavy (non-hydrogen) atoms. The topological polar surface area (TPSA) is 6.48 Å². The number of hydrogen-bond acceptors (Lipinski definition) is 2. The summed E-state index contributed by atoms with van der Waals surface area (Å²) in [5, 5.41) is 0. The molecule has 49 valence electrons. The van der Waals surface area contributed by atoms with Crippen molar-refractivity contribution < 1.29 is 61.5 Å². The van der Waals surface area contributed by atoms with Gasteiger partial charge in [0.25, 0.3) is 0 Å². The molecule has 4 heteroatoms. The summed E-state index contributed by atoms with van der Waals surface area (Å²) >= 11 is -0.485. The van der Waals surface area contributed by atoms with Crippen molar-refractivity contribution in [3.8, 4) is 0 Å². The van der Waals surface area contributed by atoms with Crippen LogP contribution < -0.4 is 24.0 Å². The van der Waals surface area contributed by atoms with E-state index in [0.29, 0.717) is 0 Å². The molecule has 0 fully saturated rings. The monoisotopic (exact) mass is 357 g/mol. The van der Waals surface area contributed by atoms with E-state index in [2.05, 4.69) is 30.2 Å². The van der Waals surface area contributed by atoms with Gasteiger partial charge in [0.15, 0.2) is 0 Å². The largest absolute Gasteiger partial charge is 1.00 e. The van der Waals surface area contributed by atoms with E-state index in [1.165, 1.54) is 0 Å². The summed E-state index contributed by atoms with van der Waals surface area (Å²) in [5.41, 5.74) is 0. The van der Waals surface area contributed by atoms with E-state index in [-0.39, 0.29) is 24.0 Å². The Morgan fingerprint density at radius 1 is 0.875 bits per heavy atom. The fraction of sp³-hybridized carbons (Fsp3) is 1.00. The maximum atomic E-state index is 2.32. The second-order valence-electron chi connectivity index (χ2n) is 1.89. The van der Waals surface area contributed by atoms with Crippen molar-refractivity contribution in [2.75, 3.05) is 28.2 Å². The Labute approximate surface area is 90.1 Å². The molecule has 0 N–H and O–H groups in total. The van der Waals surface area contributed by atoms with Gasteiger partial charge in [-0.3, -0.25) is 0 Å². The van der Waals surface area contributed by atoms with Crippen molar-refractivity contribution in [2.24, 2.45) is 0 Å². The van der Waals surface area contributed by atoms with Crippen LogP contribution >= 0.6 is 0 Å². The molecule has 0 rings (SSSR count). The van der Waals surface area contributed by atoms with Gasteiger partial charge in [-0.25, -0.2) is 0 Å². The van der Waals surface area contributed by atoms with Crippen LogP contribution in [-0.2, 0) is 0 Å². The first-order chi connectivity index (χ1) is 3.13. The number of halogens is 1. The molecule has 0 aromatic rings. The summed E-state index contributed by atoms with van der Waals surface area (Å²) in [4.78, 5) is 0. The van der Waals surface area contributed by atoms with Gasteiger partial charge >= 0.3 is 67.6 Å². The second kappa shape index (κ2) is 7.11. The molecular formula is C4H12IN2Nd. The molecule has 0 aromatic heterocycles. The van der Waals surface area contributed by atoms with Crippen LogP contribution in [0.2, 0.25) is 0 Å². The number of hydrogen-bond donors (Lipinski definition) is 0. The molecule has 0 aromatic carbocycles. The zero-order valence-corrected chi connectivity index (χ0v) is 11.1. The van der Waals surface area contributed by atoms with Gasteiger partial charge < -0.3 is 24.0 Å². The van der Waals surface area contributed by atoms with Crippen LogP contribution in [0.3, 0.4) is 0 Å². The Morgan fingerprint density at radius 2 is 1.12 bits per heavy atom. The van der Waals surface area contributed by atoms with E-state index in [0.717, 1.165) is 0 Å². The predicted octanol–water partition coefficient (Wildman–Crippen LogP) is -2.97. The van der Waals surface area contributed by atoms with Crippen LogP contribution in [0.1, 0.15) is 0 Å². The van der Waals surface area contributed by atoms with Crippen molar-refractivity contribution in [1.29, 1.82) is 0 Å². The molecule has 0 bridgehead atoms. The van der Waals surface area contributed by atoms with Gasteiger partial charge in [0.2, 0.25) is 0 Å². The smallest absolute Gasteiger partial charge is 1.00 e. The van der Waals surface area contributed by atoms with Gasteiger partial charge in [-0.15, -0.1) is 0 Å². The molecule has 0 heterocycles. The van der Waals surface area contributed by atoms with Crippen molar-refractivity contribution in [1.82, 2.24) is 1.97 Å². The first-order valence-corrected chi connectivity index (χ1v) is 5.11. The third kappa shape index (κ3) is 10.9. The molecule has 0 saturated carbocycles. The first-order valence-electron chi connectivity index (χ1n) is 2.24. The van der Waals surface area contributed by atoms with Gasteiger partial charge in [0.05, 0.1) is 0 Å². The molecule has 2 nitrogen and oxygen atoms in total. The zero-order chi connectivity index (χ0) is 5.86. The molecule has 0 aliphatic rings. The zero-order valence-electron chi connectivity index (χ0n) is 5.77. The van der Waals surface area contributed by atoms with Crippen LogP contribution in [0.5, 0.6) is 0 Å². The Hall–Kier alpha value is 2.00. The van der Waals surface area contributed by atoms with Gasteiger partial charge in [-0.05, 0) is 0 Å². The van der Waals surface area contributed by atoms with Crippen LogP contribution in [-0.4, -0.2) is 30.2 Å². The quantitative estimate of drug-likeness (QED) is 0.486. The summed E-state index contributed by atoms with van der Waals surface area (Å²) in [7, 11) is 8.57. The second-order valence-corrected chi connectivity index (χ2v) is 8.27. The van der Waals surface area contributed by atoms with Crippen molar-refractivity contribution >= 4 is 0 Å². The van der Waals surface area contributed by atoms with E-state index in [9.17, 15) is 0 Å². The summed E-state index contributed by atoms with van der Waals surface area (Å²) in [5.74, 6) is 0. The molecule has 0 atom stereocenters. The molecular weight excluding hydrogens is 347 g/mol. The Balaban J connectivity index is 0. The number of rotatable bonds is 2. The SMILES string of the molecule is C[N](C)[Nd+][N](C)C.[I-]. The third-order valence-corrected chi connectivity index (χ3v) is 2.97. The normalized spacial score (nSPS) is 8.75. The maximum Gasteiger partial charge on any atom is -1.00 e.